The molecule has 0 saturated heterocycles. The number of para-hydroxylation sites is 2. The third-order valence-electron chi connectivity index (χ3n) is 9.81. The predicted molar refractivity (Wildman–Crippen MR) is 164 cm³/mol. The first-order valence-corrected chi connectivity index (χ1v) is 15.3. The molecule has 2 aromatic rings. The van der Waals surface area contributed by atoms with Crippen molar-refractivity contribution in [2.24, 2.45) is 0 Å². The molecule has 1 atom stereocenters. The summed E-state index contributed by atoms with van der Waals surface area (Å²) < 4.78 is 2.58. The van der Waals surface area contributed by atoms with E-state index in [2.05, 4.69) is 97.0 Å². The number of hydrogen-bond acceptors (Lipinski definition) is 2. The van der Waals surface area contributed by atoms with E-state index in [9.17, 15) is 5.11 Å². The number of unbranched alkanes of at least 4 members (excludes halogenated alkanes) is 3. The molecular weight excluding hydrogens is 512 g/mol. The van der Waals surface area contributed by atoms with Crippen molar-refractivity contribution in [2.75, 3.05) is 24.6 Å². The fourth-order valence-corrected chi connectivity index (χ4v) is 7.78. The molecule has 0 spiro atoms. The highest BCUT2D eigenvalue weighted by atomic mass is 35.5. The second-order valence-corrected chi connectivity index (χ2v) is 12.7. The Hall–Kier alpha value is -2.62. The molecule has 4 aliphatic rings. The molecule has 0 aromatic heterocycles. The largest absolute Gasteiger partial charge is 1.00 e. The number of hydrogen-bond donors (Lipinski definition) is 1. The van der Waals surface area contributed by atoms with Crippen LogP contribution in [-0.4, -0.2) is 35.1 Å². The van der Waals surface area contributed by atoms with Gasteiger partial charge < -0.3 is 22.4 Å². The van der Waals surface area contributed by atoms with E-state index >= 15 is 0 Å². The zero-order valence-electron chi connectivity index (χ0n) is 24.6. The minimum Gasteiger partial charge on any atom is -1.00 e. The van der Waals surface area contributed by atoms with Crippen molar-refractivity contribution >= 4 is 17.1 Å². The fourth-order valence-electron chi connectivity index (χ4n) is 7.78. The number of halogens is 1. The topological polar surface area (TPSA) is 26.5 Å². The van der Waals surface area contributed by atoms with Gasteiger partial charge in [-0.3, -0.25) is 0 Å². The minimum absolute atomic E-state index is 0. The van der Waals surface area contributed by atoms with E-state index in [4.69, 9.17) is 0 Å². The molecule has 1 N–H and O–H groups in total. The number of aliphatic hydroxyl groups is 1. The van der Waals surface area contributed by atoms with Gasteiger partial charge in [-0.25, -0.2) is 0 Å². The quantitative estimate of drug-likeness (QED) is 0.276. The molecule has 1 unspecified atom stereocenters. The Bertz CT molecular complexity index is 1380. The summed E-state index contributed by atoms with van der Waals surface area (Å²) >= 11 is 0. The van der Waals surface area contributed by atoms with E-state index in [-0.39, 0.29) is 23.2 Å². The van der Waals surface area contributed by atoms with Crippen LogP contribution in [0.4, 0.5) is 11.4 Å². The van der Waals surface area contributed by atoms with Crippen LogP contribution >= 0.6 is 0 Å². The molecule has 6 rings (SSSR count). The molecule has 0 aliphatic carbocycles. The standard InChI is InChI=1S/C36H45N2O.ClH/c1-35(2)29-19-11-15-27-17-13-24-37(33(27)29)31(35)21-7-6-8-22-32-36(3,23-9-4-5-10-26-39)30-20-12-16-28-18-14-25-38(32)34(28)30;/h6-8,11-12,15-16,19-22,39H,4-5,9-10,13-14,17-18,23-26H2,1-3H3;1H/q+1;/p-1. The van der Waals surface area contributed by atoms with Gasteiger partial charge in [-0.2, -0.15) is 4.58 Å². The fraction of sp³-hybridized carbons (Fsp3) is 0.472. The summed E-state index contributed by atoms with van der Waals surface area (Å²) in [5.74, 6) is 0. The van der Waals surface area contributed by atoms with Gasteiger partial charge in [-0.15, -0.1) is 0 Å². The molecule has 4 heteroatoms. The third-order valence-corrected chi connectivity index (χ3v) is 9.81. The van der Waals surface area contributed by atoms with Crippen molar-refractivity contribution in [3.63, 3.8) is 0 Å². The van der Waals surface area contributed by atoms with Crippen molar-refractivity contribution in [1.29, 1.82) is 0 Å². The van der Waals surface area contributed by atoms with Gasteiger partial charge in [0.15, 0.2) is 5.71 Å². The maximum atomic E-state index is 9.20. The molecule has 212 valence electrons. The lowest BCUT2D eigenvalue weighted by Crippen LogP contribution is -3.00. The summed E-state index contributed by atoms with van der Waals surface area (Å²) in [5.41, 5.74) is 11.9. The van der Waals surface area contributed by atoms with Gasteiger partial charge in [0.05, 0.1) is 5.41 Å². The lowest BCUT2D eigenvalue weighted by Gasteiger charge is -2.32. The molecule has 0 amide bonds. The van der Waals surface area contributed by atoms with Crippen LogP contribution in [0.3, 0.4) is 0 Å². The average Bonchev–Trinajstić information content (AvgIpc) is 3.31. The van der Waals surface area contributed by atoms with Gasteiger partial charge in [-0.1, -0.05) is 73.9 Å². The van der Waals surface area contributed by atoms with E-state index < -0.39 is 0 Å². The Labute approximate surface area is 247 Å². The molecule has 0 bridgehead atoms. The van der Waals surface area contributed by atoms with Crippen LogP contribution in [0.2, 0.25) is 0 Å². The van der Waals surface area contributed by atoms with Crippen molar-refractivity contribution in [1.82, 2.24) is 0 Å². The number of aliphatic hydroxyl groups excluding tert-OH is 1. The number of benzene rings is 2. The summed E-state index contributed by atoms with van der Waals surface area (Å²) in [7, 11) is 0. The molecular formula is C36H45ClN2O. The van der Waals surface area contributed by atoms with E-state index in [0.717, 1.165) is 32.4 Å². The van der Waals surface area contributed by atoms with Gasteiger partial charge in [0.2, 0.25) is 5.69 Å². The van der Waals surface area contributed by atoms with E-state index in [1.807, 2.05) is 0 Å². The van der Waals surface area contributed by atoms with Crippen molar-refractivity contribution < 1.29 is 22.1 Å². The first-order chi connectivity index (χ1) is 19.0. The monoisotopic (exact) mass is 556 g/mol. The first kappa shape index (κ1) is 28.9. The number of nitrogens with zero attached hydrogens (tertiary/aromatic N) is 2. The average molecular weight is 557 g/mol. The Morgan fingerprint density at radius 2 is 1.62 bits per heavy atom. The molecule has 4 heterocycles. The van der Waals surface area contributed by atoms with Crippen LogP contribution in [0.1, 0.15) is 88.0 Å². The first-order valence-electron chi connectivity index (χ1n) is 15.3. The van der Waals surface area contributed by atoms with E-state index in [1.165, 1.54) is 83.6 Å². The smallest absolute Gasteiger partial charge is 0.212 e. The summed E-state index contributed by atoms with van der Waals surface area (Å²) in [5, 5.41) is 9.20. The summed E-state index contributed by atoms with van der Waals surface area (Å²) in [6, 6.07) is 13.9. The lowest BCUT2D eigenvalue weighted by molar-refractivity contribution is -0.443. The zero-order valence-corrected chi connectivity index (χ0v) is 25.3. The second kappa shape index (κ2) is 11.7. The van der Waals surface area contributed by atoms with Gasteiger partial charge in [0.1, 0.15) is 6.54 Å². The molecule has 0 fully saturated rings. The molecule has 0 radical (unpaired) electrons. The molecule has 4 aliphatic heterocycles. The van der Waals surface area contributed by atoms with Crippen molar-refractivity contribution in [3.8, 4) is 0 Å². The predicted octanol–water partition coefficient (Wildman–Crippen LogP) is 4.68. The van der Waals surface area contributed by atoms with Crippen LogP contribution < -0.4 is 17.3 Å². The summed E-state index contributed by atoms with van der Waals surface area (Å²) in [6.07, 6.45) is 21.9. The highest BCUT2D eigenvalue weighted by Gasteiger charge is 2.47. The van der Waals surface area contributed by atoms with Crippen LogP contribution in [0.5, 0.6) is 0 Å². The zero-order chi connectivity index (χ0) is 27.0. The van der Waals surface area contributed by atoms with Crippen LogP contribution in [-0.2, 0) is 23.7 Å². The number of anilines is 1. The number of rotatable bonds is 9. The van der Waals surface area contributed by atoms with E-state index in [1.54, 1.807) is 0 Å². The highest BCUT2D eigenvalue weighted by molar-refractivity contribution is 6.03. The van der Waals surface area contributed by atoms with Crippen molar-refractivity contribution in [3.05, 3.63) is 94.7 Å². The molecule has 40 heavy (non-hydrogen) atoms. The number of allylic oxidation sites excluding steroid dienone is 6. The van der Waals surface area contributed by atoms with Crippen LogP contribution in [0, 0.1) is 0 Å². The molecule has 0 saturated carbocycles. The molecule has 2 aromatic carbocycles. The van der Waals surface area contributed by atoms with Crippen LogP contribution in [0.25, 0.3) is 0 Å². The Morgan fingerprint density at radius 1 is 0.875 bits per heavy atom. The Morgan fingerprint density at radius 3 is 2.45 bits per heavy atom. The van der Waals surface area contributed by atoms with Gasteiger partial charge >= 0.3 is 0 Å². The SMILES string of the molecule is CC1(C)C(C=CC=CC=C2N3CCCc4cccc(c43)C2(C)CCCCCCO)=[N+]2CCCc3cccc1c32.[Cl-]. The molecule has 3 nitrogen and oxygen atoms in total. The normalized spacial score (nSPS) is 23.3. The third kappa shape index (κ3) is 4.80. The highest BCUT2D eigenvalue weighted by Crippen LogP contribution is 2.53. The van der Waals surface area contributed by atoms with Crippen LogP contribution in [0.15, 0.2) is 72.5 Å². The van der Waals surface area contributed by atoms with Crippen molar-refractivity contribution in [2.45, 2.75) is 89.4 Å². The summed E-state index contributed by atoms with van der Waals surface area (Å²) in [6.45, 7) is 9.75. The Kier molecular flexibility index (Phi) is 8.45. The number of aryl methyl sites for hydroxylation is 2. The maximum absolute atomic E-state index is 9.20. The van der Waals surface area contributed by atoms with Gasteiger partial charge in [0, 0.05) is 53.6 Å². The van der Waals surface area contributed by atoms with E-state index in [0.29, 0.717) is 6.61 Å². The van der Waals surface area contributed by atoms with Gasteiger partial charge in [-0.05, 0) is 70.1 Å². The second-order valence-electron chi connectivity index (χ2n) is 12.7. The lowest BCUT2D eigenvalue weighted by atomic mass is 9.76. The Balaban J connectivity index is 0.00000323. The summed E-state index contributed by atoms with van der Waals surface area (Å²) in [4.78, 5) is 2.62. The minimum atomic E-state index is 0. The van der Waals surface area contributed by atoms with Gasteiger partial charge in [0.25, 0.3) is 0 Å². The maximum Gasteiger partial charge on any atom is 0.212 e.